The number of methoxy groups -OCH3 is 1. The molecule has 32 heavy (non-hydrogen) atoms. The molecule has 0 spiro atoms. The van der Waals surface area contributed by atoms with Gasteiger partial charge in [0.15, 0.2) is 0 Å². The van der Waals surface area contributed by atoms with Crippen molar-refractivity contribution in [1.29, 1.82) is 0 Å². The largest absolute Gasteiger partial charge is 0.468 e. The van der Waals surface area contributed by atoms with Crippen molar-refractivity contribution in [2.45, 2.75) is 25.4 Å². The van der Waals surface area contributed by atoms with Gasteiger partial charge in [0.1, 0.15) is 6.54 Å². The monoisotopic (exact) mass is 431 g/mol. The molecule has 4 rings (SSSR count). The van der Waals surface area contributed by atoms with Crippen LogP contribution in [0.15, 0.2) is 66.7 Å². The van der Waals surface area contributed by atoms with Crippen molar-refractivity contribution in [2.24, 2.45) is 0 Å². The maximum absolute atomic E-state index is 12.2. The topological polar surface area (TPSA) is 70.7 Å². The molecule has 166 valence electrons. The van der Waals surface area contributed by atoms with E-state index in [1.54, 1.807) is 12.1 Å². The second kappa shape index (κ2) is 9.83. The highest BCUT2D eigenvalue weighted by Crippen LogP contribution is 2.26. The van der Waals surface area contributed by atoms with Crippen LogP contribution >= 0.6 is 0 Å². The summed E-state index contributed by atoms with van der Waals surface area (Å²) in [5.41, 5.74) is 2.94. The zero-order chi connectivity index (χ0) is 22.5. The van der Waals surface area contributed by atoms with E-state index in [2.05, 4.69) is 69.7 Å². The standard InChI is InChI=1S/C26H29N3O3/c1-18(23-9-5-7-19-6-3-4-8-24(19)23)28-21-14-15-29(17-21)22-12-10-20(11-13-22)26(31)27-16-25(30)32-2/h3-13,18,21,28H,14-17H2,1-2H3,(H,27,31)/t18-,21+/m1/s1. The van der Waals surface area contributed by atoms with Crippen LogP contribution in [-0.4, -0.2) is 44.7 Å². The number of anilines is 1. The number of nitrogens with one attached hydrogen (secondary N) is 2. The predicted octanol–water partition coefficient (Wildman–Crippen LogP) is 3.67. The Balaban J connectivity index is 1.35. The second-order valence-electron chi connectivity index (χ2n) is 8.19. The second-order valence-corrected chi connectivity index (χ2v) is 8.19. The fourth-order valence-electron chi connectivity index (χ4n) is 4.35. The third-order valence-electron chi connectivity index (χ3n) is 6.08. The Morgan fingerprint density at radius 2 is 1.81 bits per heavy atom. The molecule has 3 aromatic rings. The Hall–Kier alpha value is -3.38. The van der Waals surface area contributed by atoms with Crippen molar-refractivity contribution in [2.75, 3.05) is 31.6 Å². The first-order valence-electron chi connectivity index (χ1n) is 11.0. The SMILES string of the molecule is COC(=O)CNC(=O)c1ccc(N2CC[C@H](N[C@H](C)c3cccc4ccccc34)C2)cc1. The minimum absolute atomic E-state index is 0.133. The van der Waals surface area contributed by atoms with Gasteiger partial charge in [-0.1, -0.05) is 42.5 Å². The maximum Gasteiger partial charge on any atom is 0.325 e. The molecule has 1 saturated heterocycles. The van der Waals surface area contributed by atoms with Gasteiger partial charge in [0.2, 0.25) is 0 Å². The molecule has 2 atom stereocenters. The van der Waals surface area contributed by atoms with Crippen LogP contribution in [0.2, 0.25) is 0 Å². The minimum Gasteiger partial charge on any atom is -0.468 e. The van der Waals surface area contributed by atoms with Crippen LogP contribution in [0.4, 0.5) is 5.69 Å². The summed E-state index contributed by atoms with van der Waals surface area (Å²) in [7, 11) is 1.30. The summed E-state index contributed by atoms with van der Waals surface area (Å²) in [5, 5.41) is 8.92. The first-order valence-corrected chi connectivity index (χ1v) is 11.0. The molecule has 1 fully saturated rings. The molecule has 0 radical (unpaired) electrons. The summed E-state index contributed by atoms with van der Waals surface area (Å²) in [6.07, 6.45) is 1.07. The lowest BCUT2D eigenvalue weighted by Crippen LogP contribution is -2.34. The van der Waals surface area contributed by atoms with Crippen LogP contribution in [0.25, 0.3) is 10.8 Å². The van der Waals surface area contributed by atoms with Gasteiger partial charge in [0.05, 0.1) is 7.11 Å². The number of carbonyl (C=O) groups is 2. The molecule has 1 aliphatic heterocycles. The lowest BCUT2D eigenvalue weighted by Gasteiger charge is -2.23. The highest BCUT2D eigenvalue weighted by Gasteiger charge is 2.24. The molecule has 6 heteroatoms. The van der Waals surface area contributed by atoms with Gasteiger partial charge >= 0.3 is 5.97 Å². The van der Waals surface area contributed by atoms with Crippen molar-refractivity contribution in [3.63, 3.8) is 0 Å². The van der Waals surface area contributed by atoms with Crippen molar-refractivity contribution < 1.29 is 14.3 Å². The Morgan fingerprint density at radius 3 is 2.59 bits per heavy atom. The number of benzene rings is 3. The summed E-state index contributed by atoms with van der Waals surface area (Å²) >= 11 is 0. The van der Waals surface area contributed by atoms with Gasteiger partial charge < -0.3 is 20.3 Å². The van der Waals surface area contributed by atoms with E-state index in [9.17, 15) is 9.59 Å². The van der Waals surface area contributed by atoms with Gasteiger partial charge in [-0.15, -0.1) is 0 Å². The smallest absolute Gasteiger partial charge is 0.325 e. The normalized spacial score (nSPS) is 16.7. The molecule has 1 heterocycles. The molecule has 1 aliphatic rings. The van der Waals surface area contributed by atoms with Gasteiger partial charge in [0.25, 0.3) is 5.91 Å². The molecule has 2 N–H and O–H groups in total. The van der Waals surface area contributed by atoms with Gasteiger partial charge in [-0.25, -0.2) is 0 Å². The number of amides is 1. The Morgan fingerprint density at radius 1 is 1.06 bits per heavy atom. The zero-order valence-electron chi connectivity index (χ0n) is 18.5. The van der Waals surface area contributed by atoms with E-state index in [1.165, 1.54) is 23.4 Å². The molecular weight excluding hydrogens is 402 g/mol. The van der Waals surface area contributed by atoms with E-state index < -0.39 is 5.97 Å². The number of carbonyl (C=O) groups excluding carboxylic acids is 2. The lowest BCUT2D eigenvalue weighted by molar-refractivity contribution is -0.139. The lowest BCUT2D eigenvalue weighted by atomic mass is 9.99. The van der Waals surface area contributed by atoms with Crippen LogP contribution in [0, 0.1) is 0 Å². The highest BCUT2D eigenvalue weighted by atomic mass is 16.5. The van der Waals surface area contributed by atoms with E-state index in [-0.39, 0.29) is 18.5 Å². The Labute approximate surface area is 188 Å². The number of hydrogen-bond acceptors (Lipinski definition) is 5. The molecule has 0 bridgehead atoms. The van der Waals surface area contributed by atoms with Crippen LogP contribution in [0.3, 0.4) is 0 Å². The summed E-state index contributed by atoms with van der Waals surface area (Å²) in [6, 6.07) is 23.2. The average molecular weight is 432 g/mol. The first kappa shape index (κ1) is 21.8. The predicted molar refractivity (Wildman–Crippen MR) is 127 cm³/mol. The fourth-order valence-corrected chi connectivity index (χ4v) is 4.35. The van der Waals surface area contributed by atoms with Crippen LogP contribution in [-0.2, 0) is 9.53 Å². The van der Waals surface area contributed by atoms with Crippen LogP contribution < -0.4 is 15.5 Å². The number of rotatable bonds is 7. The van der Waals surface area contributed by atoms with Crippen molar-refractivity contribution in [1.82, 2.24) is 10.6 Å². The number of fused-ring (bicyclic) bond motifs is 1. The number of ether oxygens (including phenoxy) is 1. The van der Waals surface area contributed by atoms with Gasteiger partial charge in [0, 0.05) is 36.4 Å². The van der Waals surface area contributed by atoms with Gasteiger partial charge in [-0.05, 0) is 53.9 Å². The first-order chi connectivity index (χ1) is 15.5. The van der Waals surface area contributed by atoms with E-state index in [0.717, 1.165) is 25.2 Å². The van der Waals surface area contributed by atoms with E-state index in [0.29, 0.717) is 11.6 Å². The van der Waals surface area contributed by atoms with Gasteiger partial charge in [-0.3, -0.25) is 9.59 Å². The third-order valence-corrected chi connectivity index (χ3v) is 6.08. The van der Waals surface area contributed by atoms with Gasteiger partial charge in [-0.2, -0.15) is 0 Å². The molecule has 0 saturated carbocycles. The number of esters is 1. The summed E-state index contributed by atoms with van der Waals surface area (Å²) < 4.78 is 4.54. The van der Waals surface area contributed by atoms with Crippen molar-refractivity contribution >= 4 is 28.3 Å². The van der Waals surface area contributed by atoms with Crippen LogP contribution in [0.1, 0.15) is 35.3 Å². The highest BCUT2D eigenvalue weighted by molar-refractivity contribution is 5.96. The van der Waals surface area contributed by atoms with E-state index in [1.807, 2.05) is 12.1 Å². The number of hydrogen-bond donors (Lipinski definition) is 2. The molecule has 0 unspecified atom stereocenters. The summed E-state index contributed by atoms with van der Waals surface area (Å²) in [6.45, 7) is 3.98. The molecule has 0 aliphatic carbocycles. The van der Waals surface area contributed by atoms with E-state index in [4.69, 9.17) is 0 Å². The summed E-state index contributed by atoms with van der Waals surface area (Å²) in [5.74, 6) is -0.755. The average Bonchev–Trinajstić information content (AvgIpc) is 3.30. The fraction of sp³-hybridized carbons (Fsp3) is 0.308. The van der Waals surface area contributed by atoms with Crippen molar-refractivity contribution in [3.05, 3.63) is 77.9 Å². The molecular formula is C26H29N3O3. The maximum atomic E-state index is 12.2. The number of nitrogens with zero attached hydrogens (tertiary/aromatic N) is 1. The minimum atomic E-state index is -0.469. The van der Waals surface area contributed by atoms with E-state index >= 15 is 0 Å². The molecule has 0 aromatic heterocycles. The third kappa shape index (κ3) is 4.92. The Bertz CT molecular complexity index is 1090. The quantitative estimate of drug-likeness (QED) is 0.559. The van der Waals surface area contributed by atoms with Crippen molar-refractivity contribution in [3.8, 4) is 0 Å². The molecule has 6 nitrogen and oxygen atoms in total. The zero-order valence-corrected chi connectivity index (χ0v) is 18.5. The molecule has 1 amide bonds. The Kier molecular flexibility index (Phi) is 6.71. The molecule has 3 aromatic carbocycles. The summed E-state index contributed by atoms with van der Waals surface area (Å²) in [4.78, 5) is 25.7. The van der Waals surface area contributed by atoms with Crippen LogP contribution in [0.5, 0.6) is 0 Å².